The fourth-order valence-corrected chi connectivity index (χ4v) is 4.22. The number of aliphatic hydroxyl groups is 1. The summed E-state index contributed by atoms with van der Waals surface area (Å²) in [5.74, 6) is 0.179. The third-order valence-electron chi connectivity index (χ3n) is 4.89. The van der Waals surface area contributed by atoms with Crippen LogP contribution in [0.5, 0.6) is 0 Å². The number of nitrogens with zero attached hydrogens (tertiary/aromatic N) is 3. The van der Waals surface area contributed by atoms with Crippen molar-refractivity contribution in [1.82, 2.24) is 15.0 Å². The Labute approximate surface area is 186 Å². The number of halogens is 4. The molecule has 0 saturated carbocycles. The number of para-hydroxylation sites is 1. The topological polar surface area (TPSA) is 83.0 Å². The number of fused-ring (bicyclic) bond motifs is 1. The van der Waals surface area contributed by atoms with Crippen LogP contribution in [0.1, 0.15) is 26.7 Å². The van der Waals surface area contributed by atoms with Crippen LogP contribution in [0.4, 0.5) is 24.9 Å². The lowest BCUT2D eigenvalue weighted by atomic mass is 10.0. The van der Waals surface area contributed by atoms with E-state index < -0.39 is 12.2 Å². The molecule has 0 fully saturated rings. The number of hydrogen-bond donors (Lipinski definition) is 3. The molecule has 168 valence electrons. The molecule has 0 aliphatic rings. The zero-order valence-corrected chi connectivity index (χ0v) is 18.6. The number of benzene rings is 1. The van der Waals surface area contributed by atoms with Crippen molar-refractivity contribution in [3.8, 4) is 10.6 Å². The summed E-state index contributed by atoms with van der Waals surface area (Å²) < 4.78 is 39.9. The van der Waals surface area contributed by atoms with Gasteiger partial charge in [0.15, 0.2) is 0 Å². The number of alkyl halides is 3. The van der Waals surface area contributed by atoms with Gasteiger partial charge in [0.2, 0.25) is 5.95 Å². The number of rotatable bonds is 9. The van der Waals surface area contributed by atoms with Gasteiger partial charge in [0.25, 0.3) is 0 Å². The van der Waals surface area contributed by atoms with E-state index in [1.807, 2.05) is 31.2 Å². The lowest BCUT2D eigenvalue weighted by molar-refractivity contribution is -0.138. The van der Waals surface area contributed by atoms with Crippen molar-refractivity contribution in [2.75, 3.05) is 23.8 Å². The zero-order chi connectivity index (χ0) is 22.6. The minimum Gasteiger partial charge on any atom is -0.396 e. The largest absolute Gasteiger partial charge is 0.408 e. The average molecular weight is 474 g/mol. The van der Waals surface area contributed by atoms with Gasteiger partial charge in [-0.25, -0.2) is 9.97 Å². The van der Waals surface area contributed by atoms with Gasteiger partial charge in [-0.1, -0.05) is 37.1 Å². The monoisotopic (exact) mass is 473 g/mol. The summed E-state index contributed by atoms with van der Waals surface area (Å²) in [5.41, 5.74) is 1.22. The van der Waals surface area contributed by atoms with E-state index in [1.165, 1.54) is 11.3 Å². The highest BCUT2D eigenvalue weighted by atomic mass is 35.5. The Kier molecular flexibility index (Phi) is 7.55. The highest BCUT2D eigenvalue weighted by molar-refractivity contribution is 7.21. The van der Waals surface area contributed by atoms with Gasteiger partial charge in [-0.2, -0.15) is 18.2 Å². The van der Waals surface area contributed by atoms with E-state index in [9.17, 15) is 18.3 Å². The lowest BCUT2D eigenvalue weighted by Gasteiger charge is -2.19. The Morgan fingerprint density at radius 1 is 1.19 bits per heavy atom. The highest BCUT2D eigenvalue weighted by Crippen LogP contribution is 2.38. The molecule has 2 aromatic heterocycles. The maximum Gasteiger partial charge on any atom is 0.408 e. The standard InChI is InChI=1S/C20H23ClF3N5OS/c1-3-12(10-30)8-9-25-17-15(18-27-13-6-4-5-7-14(13)31-18)16(21)28-19(29-17)26-11(2)20(22,23)24/h4-7,11-12,30H,3,8-10H2,1-2H3,(H2,25,26,28,29)/t11-,12?/m0/s1. The smallest absolute Gasteiger partial charge is 0.396 e. The van der Waals surface area contributed by atoms with Crippen molar-refractivity contribution in [3.63, 3.8) is 0 Å². The summed E-state index contributed by atoms with van der Waals surface area (Å²) in [6, 6.07) is 5.71. The molecule has 0 aliphatic heterocycles. The van der Waals surface area contributed by atoms with E-state index in [1.54, 1.807) is 0 Å². The van der Waals surface area contributed by atoms with E-state index in [-0.39, 0.29) is 23.6 Å². The Morgan fingerprint density at radius 2 is 1.94 bits per heavy atom. The van der Waals surface area contributed by atoms with Gasteiger partial charge in [-0.05, 0) is 31.4 Å². The Bertz CT molecular complexity index is 993. The Morgan fingerprint density at radius 3 is 2.58 bits per heavy atom. The molecular weight excluding hydrogens is 451 g/mol. The molecule has 0 amide bonds. The minimum atomic E-state index is -4.45. The predicted octanol–water partition coefficient (Wildman–Crippen LogP) is 5.59. The van der Waals surface area contributed by atoms with Crippen LogP contribution in [-0.4, -0.2) is 45.4 Å². The SMILES string of the molecule is CCC(CO)CCNc1nc(N[C@@H](C)C(F)(F)F)nc(Cl)c1-c1nc2ccccc2s1. The molecule has 0 aliphatic carbocycles. The fraction of sp³-hybridized carbons (Fsp3) is 0.450. The van der Waals surface area contributed by atoms with Crippen LogP contribution < -0.4 is 10.6 Å². The Balaban J connectivity index is 1.97. The molecule has 1 unspecified atom stereocenters. The molecule has 0 saturated heterocycles. The normalized spacial score (nSPS) is 13.9. The molecule has 0 bridgehead atoms. The molecule has 11 heteroatoms. The molecule has 0 spiro atoms. The summed E-state index contributed by atoms with van der Waals surface area (Å²) in [7, 11) is 0. The molecule has 3 rings (SSSR count). The lowest BCUT2D eigenvalue weighted by Crippen LogP contribution is -2.33. The maximum atomic E-state index is 13.0. The summed E-state index contributed by atoms with van der Waals surface area (Å²) in [4.78, 5) is 12.9. The number of aliphatic hydroxyl groups excluding tert-OH is 1. The maximum absolute atomic E-state index is 13.0. The summed E-state index contributed by atoms with van der Waals surface area (Å²) in [5, 5.41) is 15.4. The number of thiazole rings is 1. The van der Waals surface area contributed by atoms with Crippen LogP contribution in [0.2, 0.25) is 5.15 Å². The fourth-order valence-electron chi connectivity index (χ4n) is 2.89. The first-order valence-electron chi connectivity index (χ1n) is 9.84. The zero-order valence-electron chi connectivity index (χ0n) is 17.0. The van der Waals surface area contributed by atoms with Gasteiger partial charge >= 0.3 is 6.18 Å². The van der Waals surface area contributed by atoms with E-state index in [2.05, 4.69) is 25.6 Å². The third kappa shape index (κ3) is 5.75. The Hall–Kier alpha value is -2.17. The van der Waals surface area contributed by atoms with Crippen LogP contribution in [0.25, 0.3) is 20.8 Å². The summed E-state index contributed by atoms with van der Waals surface area (Å²) in [6.45, 7) is 3.48. The average Bonchev–Trinajstić information content (AvgIpc) is 3.13. The quantitative estimate of drug-likeness (QED) is 0.351. The first kappa shape index (κ1) is 23.5. The van der Waals surface area contributed by atoms with Gasteiger partial charge in [0.1, 0.15) is 22.0 Å². The molecule has 0 radical (unpaired) electrons. The van der Waals surface area contributed by atoms with Crippen LogP contribution in [0.3, 0.4) is 0 Å². The van der Waals surface area contributed by atoms with Crippen molar-refractivity contribution in [2.24, 2.45) is 5.92 Å². The number of aromatic nitrogens is 3. The van der Waals surface area contributed by atoms with Crippen LogP contribution in [0, 0.1) is 5.92 Å². The van der Waals surface area contributed by atoms with Gasteiger partial charge < -0.3 is 15.7 Å². The second-order valence-electron chi connectivity index (χ2n) is 7.13. The van der Waals surface area contributed by atoms with Crippen molar-refractivity contribution < 1.29 is 18.3 Å². The molecule has 2 atom stereocenters. The third-order valence-corrected chi connectivity index (χ3v) is 6.22. The van der Waals surface area contributed by atoms with E-state index in [4.69, 9.17) is 11.6 Å². The van der Waals surface area contributed by atoms with Gasteiger partial charge in [0, 0.05) is 13.2 Å². The van der Waals surface area contributed by atoms with E-state index >= 15 is 0 Å². The first-order valence-corrected chi connectivity index (χ1v) is 11.0. The number of anilines is 2. The van der Waals surface area contributed by atoms with Crippen LogP contribution >= 0.6 is 22.9 Å². The molecular formula is C20H23ClF3N5OS. The summed E-state index contributed by atoms with van der Waals surface area (Å²) in [6.07, 6.45) is -2.98. The number of hydrogen-bond acceptors (Lipinski definition) is 7. The van der Waals surface area contributed by atoms with Gasteiger partial charge in [-0.3, -0.25) is 0 Å². The molecule has 3 aromatic rings. The second-order valence-corrected chi connectivity index (χ2v) is 8.52. The predicted molar refractivity (Wildman–Crippen MR) is 119 cm³/mol. The van der Waals surface area contributed by atoms with Crippen LogP contribution in [0.15, 0.2) is 24.3 Å². The molecule has 1 aromatic carbocycles. The van der Waals surface area contributed by atoms with Crippen molar-refractivity contribution in [1.29, 1.82) is 0 Å². The molecule has 3 N–H and O–H groups in total. The van der Waals surface area contributed by atoms with E-state index in [0.29, 0.717) is 29.4 Å². The molecule has 6 nitrogen and oxygen atoms in total. The van der Waals surface area contributed by atoms with Crippen molar-refractivity contribution in [3.05, 3.63) is 29.4 Å². The number of nitrogens with one attached hydrogen (secondary N) is 2. The van der Waals surface area contributed by atoms with Gasteiger partial charge in [-0.15, -0.1) is 11.3 Å². The molecule has 31 heavy (non-hydrogen) atoms. The van der Waals surface area contributed by atoms with Gasteiger partial charge in [0.05, 0.1) is 15.8 Å². The highest BCUT2D eigenvalue weighted by Gasteiger charge is 2.36. The minimum absolute atomic E-state index is 0.00244. The van der Waals surface area contributed by atoms with E-state index in [0.717, 1.165) is 23.6 Å². The van der Waals surface area contributed by atoms with Crippen molar-refractivity contribution in [2.45, 2.75) is 38.9 Å². The summed E-state index contributed by atoms with van der Waals surface area (Å²) >= 11 is 7.80. The molecule has 2 heterocycles. The van der Waals surface area contributed by atoms with Crippen LogP contribution in [-0.2, 0) is 0 Å². The second kappa shape index (κ2) is 9.97. The van der Waals surface area contributed by atoms with Crippen molar-refractivity contribution >= 4 is 44.9 Å². The first-order chi connectivity index (χ1) is 14.7.